The van der Waals surface area contributed by atoms with Crippen LogP contribution in [0.25, 0.3) is 22.0 Å². The number of hydrogen-bond acceptors (Lipinski definition) is 5. The first kappa shape index (κ1) is 30.3. The highest BCUT2D eigenvalue weighted by molar-refractivity contribution is 7.86. The number of halogens is 3. The Morgan fingerprint density at radius 1 is 1.05 bits per heavy atom. The molecule has 0 fully saturated rings. The monoisotopic (exact) mass is 586 g/mol. The highest BCUT2D eigenvalue weighted by atomic mass is 32.2. The highest BCUT2D eigenvalue weighted by Crippen LogP contribution is 2.36. The zero-order chi connectivity index (χ0) is 29.8. The van der Waals surface area contributed by atoms with Crippen molar-refractivity contribution in [3.05, 3.63) is 83.8 Å². The third kappa shape index (κ3) is 7.55. The fourth-order valence-electron chi connectivity index (χ4n) is 4.45. The number of nitrogens with zero attached hydrogens (tertiary/aromatic N) is 2. The number of para-hydroxylation sites is 1. The smallest absolute Gasteiger partial charge is 0.488 e. The number of esters is 1. The van der Waals surface area contributed by atoms with E-state index in [1.165, 1.54) is 12.1 Å². The van der Waals surface area contributed by atoms with Crippen LogP contribution in [0.1, 0.15) is 44.5 Å². The summed E-state index contributed by atoms with van der Waals surface area (Å²) in [7, 11) is -1.06. The van der Waals surface area contributed by atoms with Crippen molar-refractivity contribution in [2.75, 3.05) is 12.4 Å². The Balaban J connectivity index is 1.69. The van der Waals surface area contributed by atoms with Gasteiger partial charge in [-0.1, -0.05) is 18.2 Å². The van der Waals surface area contributed by atoms with Gasteiger partial charge in [-0.3, -0.25) is 18.6 Å². The van der Waals surface area contributed by atoms with Crippen molar-refractivity contribution in [1.29, 1.82) is 0 Å². The van der Waals surface area contributed by atoms with E-state index in [4.69, 9.17) is 9.47 Å². The van der Waals surface area contributed by atoms with Gasteiger partial charge in [-0.05, 0) is 80.8 Å². The van der Waals surface area contributed by atoms with E-state index in [1.807, 2.05) is 32.9 Å². The summed E-state index contributed by atoms with van der Waals surface area (Å²) in [6, 6.07) is 15.3. The molecular formula is C31H33F3N2O4S. The van der Waals surface area contributed by atoms with Crippen LogP contribution in [0.15, 0.2) is 67.0 Å². The minimum atomic E-state index is -4.61. The van der Waals surface area contributed by atoms with Gasteiger partial charge in [-0.2, -0.15) is 0 Å². The van der Waals surface area contributed by atoms with Crippen LogP contribution in [0.4, 0.5) is 13.2 Å². The van der Waals surface area contributed by atoms with Crippen molar-refractivity contribution in [3.63, 3.8) is 0 Å². The van der Waals surface area contributed by atoms with Crippen LogP contribution in [-0.2, 0) is 46.1 Å². The summed E-state index contributed by atoms with van der Waals surface area (Å²) < 4.78 is 65.2. The first-order valence-corrected chi connectivity index (χ1v) is 14.6. The average molecular weight is 587 g/mol. The first-order chi connectivity index (χ1) is 19.4. The molecule has 41 heavy (non-hydrogen) atoms. The zero-order valence-corrected chi connectivity index (χ0v) is 24.3. The second-order valence-corrected chi connectivity index (χ2v) is 12.9. The molecule has 0 saturated heterocycles. The summed E-state index contributed by atoms with van der Waals surface area (Å²) in [5.74, 6) is 0.486. The highest BCUT2D eigenvalue weighted by Gasteiger charge is 2.32. The van der Waals surface area contributed by atoms with Gasteiger partial charge in [0.2, 0.25) is 0 Å². The van der Waals surface area contributed by atoms with Crippen molar-refractivity contribution in [2.24, 2.45) is 0 Å². The molecule has 0 bridgehead atoms. The van der Waals surface area contributed by atoms with E-state index >= 15 is 0 Å². The van der Waals surface area contributed by atoms with Crippen molar-refractivity contribution in [1.82, 2.24) is 9.55 Å². The first-order valence-electron chi connectivity index (χ1n) is 13.3. The van der Waals surface area contributed by atoms with Gasteiger partial charge in [0.25, 0.3) is 0 Å². The Hall–Kier alpha value is -3.66. The summed E-state index contributed by atoms with van der Waals surface area (Å²) in [4.78, 5) is 16.4. The lowest BCUT2D eigenvalue weighted by Crippen LogP contribution is -2.25. The molecule has 0 aliphatic rings. The number of hydrogen-bond donors (Lipinski definition) is 0. The van der Waals surface area contributed by atoms with Gasteiger partial charge in [0.15, 0.2) is 0 Å². The molecule has 0 spiro atoms. The van der Waals surface area contributed by atoms with Gasteiger partial charge in [0.05, 0.1) is 18.5 Å². The second-order valence-electron chi connectivity index (χ2n) is 10.6. The number of ether oxygens (including phenoxy) is 2. The third-order valence-corrected chi connectivity index (χ3v) is 8.44. The molecule has 6 nitrogen and oxygen atoms in total. The van der Waals surface area contributed by atoms with Gasteiger partial charge in [0.1, 0.15) is 12.4 Å². The van der Waals surface area contributed by atoms with E-state index in [0.29, 0.717) is 55.8 Å². The largest absolute Gasteiger partial charge is 0.489 e. The molecule has 2 aromatic heterocycles. The van der Waals surface area contributed by atoms with Crippen LogP contribution in [-0.4, -0.2) is 36.8 Å². The van der Waals surface area contributed by atoms with Gasteiger partial charge in [-0.15, -0.1) is 13.2 Å². The van der Waals surface area contributed by atoms with E-state index in [-0.39, 0.29) is 29.9 Å². The number of fused-ring (bicyclic) bond motifs is 1. The lowest BCUT2D eigenvalue weighted by atomic mass is 9.99. The Kier molecular flexibility index (Phi) is 9.21. The van der Waals surface area contributed by atoms with Crippen LogP contribution >= 0.6 is 0 Å². The maximum Gasteiger partial charge on any atom is 0.488 e. The normalized spacial score (nSPS) is 12.9. The standard InChI is InChI=1S/C31H33F3N2O4S/c1-5-39-29(37)19-23-8-6-7-9-28(23)40-20-21-16-26(25-11-14-36(27(25)17-21)31(32,33)34)22-10-13-35-24(18-22)12-15-41(38)30(2,3)4/h6-11,13-14,16-18H,5,12,15,19-20H2,1-4H3/t41-/m1/s1. The molecule has 0 aliphatic heterocycles. The second kappa shape index (κ2) is 12.5. The van der Waals surface area contributed by atoms with Crippen molar-refractivity contribution >= 4 is 27.7 Å². The van der Waals surface area contributed by atoms with Crippen molar-refractivity contribution < 1.29 is 31.6 Å². The summed E-state index contributed by atoms with van der Waals surface area (Å²) in [5, 5.41) is 0.434. The van der Waals surface area contributed by atoms with Gasteiger partial charge in [0, 0.05) is 56.8 Å². The van der Waals surface area contributed by atoms with Gasteiger partial charge >= 0.3 is 12.3 Å². The van der Waals surface area contributed by atoms with Crippen LogP contribution in [0, 0.1) is 0 Å². The Labute approximate surface area is 240 Å². The van der Waals surface area contributed by atoms with E-state index in [9.17, 15) is 22.2 Å². The minimum Gasteiger partial charge on any atom is -0.489 e. The molecule has 0 unspecified atom stereocenters. The number of aryl methyl sites for hydroxylation is 1. The number of aromatic nitrogens is 2. The number of carbonyl (C=O) groups is 1. The molecule has 2 heterocycles. The molecule has 10 heteroatoms. The quantitative estimate of drug-likeness (QED) is 0.188. The molecule has 0 radical (unpaired) electrons. The number of rotatable bonds is 10. The molecule has 1 atom stereocenters. The molecule has 0 aliphatic carbocycles. The molecular weight excluding hydrogens is 553 g/mol. The number of pyridine rings is 1. The summed E-state index contributed by atoms with van der Waals surface area (Å²) in [5.41, 5.74) is 3.15. The summed E-state index contributed by atoms with van der Waals surface area (Å²) >= 11 is 0. The SMILES string of the molecule is CCOC(=O)Cc1ccccc1OCc1cc(-c2ccnc(CC[S@@](=O)C(C)(C)C)c2)c2ccn(C(F)(F)F)c2c1. The predicted molar refractivity (Wildman–Crippen MR) is 154 cm³/mol. The lowest BCUT2D eigenvalue weighted by Gasteiger charge is -2.17. The molecule has 2 aromatic carbocycles. The molecule has 4 aromatic rings. The lowest BCUT2D eigenvalue weighted by molar-refractivity contribution is -0.200. The molecule has 4 rings (SSSR count). The topological polar surface area (TPSA) is 70.4 Å². The zero-order valence-electron chi connectivity index (χ0n) is 23.5. The fourth-order valence-corrected chi connectivity index (χ4v) is 5.46. The Bertz CT molecular complexity index is 1560. The molecule has 0 N–H and O–H groups in total. The molecule has 0 amide bonds. The maximum atomic E-state index is 13.9. The number of benzene rings is 2. The van der Waals surface area contributed by atoms with E-state index in [1.54, 1.807) is 43.5 Å². The minimum absolute atomic E-state index is 0.000562. The Morgan fingerprint density at radius 2 is 1.80 bits per heavy atom. The van der Waals surface area contributed by atoms with Gasteiger partial charge < -0.3 is 9.47 Å². The van der Waals surface area contributed by atoms with Crippen LogP contribution in [0.2, 0.25) is 0 Å². The van der Waals surface area contributed by atoms with Crippen LogP contribution < -0.4 is 4.74 Å². The van der Waals surface area contributed by atoms with E-state index in [2.05, 4.69) is 4.98 Å². The molecule has 218 valence electrons. The Morgan fingerprint density at radius 3 is 2.51 bits per heavy atom. The van der Waals surface area contributed by atoms with Crippen molar-refractivity contribution in [3.8, 4) is 16.9 Å². The summed E-state index contributed by atoms with van der Waals surface area (Å²) in [6.07, 6.45) is -1.48. The molecule has 0 saturated carbocycles. The van der Waals surface area contributed by atoms with E-state index < -0.39 is 23.1 Å². The van der Waals surface area contributed by atoms with Gasteiger partial charge in [-0.25, -0.2) is 0 Å². The van der Waals surface area contributed by atoms with E-state index in [0.717, 1.165) is 6.20 Å². The van der Waals surface area contributed by atoms with Crippen LogP contribution in [0.3, 0.4) is 0 Å². The number of alkyl halides is 3. The van der Waals surface area contributed by atoms with Crippen LogP contribution in [0.5, 0.6) is 5.75 Å². The average Bonchev–Trinajstić information content (AvgIpc) is 3.35. The van der Waals surface area contributed by atoms with Crippen molar-refractivity contribution in [2.45, 2.75) is 58.2 Å². The summed E-state index contributed by atoms with van der Waals surface area (Å²) in [6.45, 7) is 7.71. The third-order valence-electron chi connectivity index (χ3n) is 6.50. The fraction of sp³-hybridized carbons (Fsp3) is 0.355. The maximum absolute atomic E-state index is 13.9. The predicted octanol–water partition coefficient (Wildman–Crippen LogP) is 6.95. The number of carbonyl (C=O) groups excluding carboxylic acids is 1.